The molecule has 2 fully saturated rings. The van der Waals surface area contributed by atoms with Crippen LogP contribution in [-0.4, -0.2) is 107 Å². The minimum Gasteiger partial charge on any atom is -0.378 e. The number of guanidine groups is 1. The lowest BCUT2D eigenvalue weighted by atomic mass is 10.3. The molecule has 0 aliphatic carbocycles. The Kier molecular flexibility index (Phi) is 8.89. The first kappa shape index (κ1) is 22.8. The molecule has 28 heavy (non-hydrogen) atoms. The molecule has 2 aliphatic heterocycles. The maximum atomic E-state index is 12.4. The van der Waals surface area contributed by atoms with Gasteiger partial charge in [-0.3, -0.25) is 14.7 Å². The SMILES string of the molecule is CN=C(NCc1nnc(C)n1C)N1CCN(CC(=O)N2CCOCC2)CC1.I. The number of aliphatic imine (C=N–C) groups is 1. The molecule has 0 radical (unpaired) electrons. The van der Waals surface area contributed by atoms with E-state index in [2.05, 4.69) is 30.3 Å². The van der Waals surface area contributed by atoms with Crippen LogP contribution in [0.1, 0.15) is 11.6 Å². The van der Waals surface area contributed by atoms with E-state index in [4.69, 9.17) is 4.74 Å². The Hall–Kier alpha value is -1.47. The average molecular weight is 506 g/mol. The zero-order valence-corrected chi connectivity index (χ0v) is 19.3. The predicted octanol–water partition coefficient (Wildman–Crippen LogP) is -0.707. The van der Waals surface area contributed by atoms with Gasteiger partial charge in [-0.2, -0.15) is 0 Å². The third-order valence-corrected chi connectivity index (χ3v) is 5.19. The fourth-order valence-corrected chi connectivity index (χ4v) is 3.32. The van der Waals surface area contributed by atoms with Crippen molar-refractivity contribution in [1.29, 1.82) is 0 Å². The van der Waals surface area contributed by atoms with E-state index in [1.807, 2.05) is 23.4 Å². The van der Waals surface area contributed by atoms with E-state index in [9.17, 15) is 4.79 Å². The largest absolute Gasteiger partial charge is 0.378 e. The Morgan fingerprint density at radius 2 is 1.79 bits per heavy atom. The molecule has 0 bridgehead atoms. The number of morpholine rings is 1. The Morgan fingerprint density at radius 1 is 1.11 bits per heavy atom. The molecule has 0 atom stereocenters. The minimum atomic E-state index is 0. The quantitative estimate of drug-likeness (QED) is 0.328. The molecule has 0 saturated carbocycles. The van der Waals surface area contributed by atoms with Crippen LogP contribution in [0, 0.1) is 6.92 Å². The third kappa shape index (κ3) is 5.77. The van der Waals surface area contributed by atoms with Crippen molar-refractivity contribution < 1.29 is 9.53 Å². The molecule has 1 amide bonds. The van der Waals surface area contributed by atoms with Crippen molar-refractivity contribution in [3.8, 4) is 0 Å². The number of hydrogen-bond acceptors (Lipinski definition) is 6. The van der Waals surface area contributed by atoms with Gasteiger partial charge in [-0.1, -0.05) is 0 Å². The fourth-order valence-electron chi connectivity index (χ4n) is 3.32. The van der Waals surface area contributed by atoms with Gasteiger partial charge in [0, 0.05) is 53.4 Å². The van der Waals surface area contributed by atoms with Crippen LogP contribution in [-0.2, 0) is 23.1 Å². The smallest absolute Gasteiger partial charge is 0.236 e. The second kappa shape index (κ2) is 10.9. The molecule has 158 valence electrons. The molecule has 3 heterocycles. The number of carbonyl (C=O) groups is 1. The van der Waals surface area contributed by atoms with Gasteiger partial charge in [-0.15, -0.1) is 34.2 Å². The first-order valence-corrected chi connectivity index (χ1v) is 9.47. The maximum absolute atomic E-state index is 12.4. The van der Waals surface area contributed by atoms with Gasteiger partial charge < -0.3 is 24.4 Å². The summed E-state index contributed by atoms with van der Waals surface area (Å²) < 4.78 is 7.28. The van der Waals surface area contributed by atoms with Crippen molar-refractivity contribution in [3.05, 3.63) is 11.6 Å². The monoisotopic (exact) mass is 506 g/mol. The van der Waals surface area contributed by atoms with Crippen LogP contribution >= 0.6 is 24.0 Å². The second-order valence-electron chi connectivity index (χ2n) is 6.88. The highest BCUT2D eigenvalue weighted by molar-refractivity contribution is 14.0. The van der Waals surface area contributed by atoms with Gasteiger partial charge in [0.15, 0.2) is 11.8 Å². The number of piperazine rings is 1. The lowest BCUT2D eigenvalue weighted by Gasteiger charge is -2.37. The summed E-state index contributed by atoms with van der Waals surface area (Å²) in [6, 6.07) is 0. The van der Waals surface area contributed by atoms with E-state index in [0.717, 1.165) is 43.8 Å². The number of hydrogen-bond donors (Lipinski definition) is 1. The molecular formula is C17H31IN8O2. The number of halogens is 1. The van der Waals surface area contributed by atoms with E-state index in [1.165, 1.54) is 0 Å². The number of ether oxygens (including phenoxy) is 1. The molecule has 1 N–H and O–H groups in total. The lowest BCUT2D eigenvalue weighted by Crippen LogP contribution is -2.54. The molecule has 10 nitrogen and oxygen atoms in total. The summed E-state index contributed by atoms with van der Waals surface area (Å²) in [7, 11) is 3.75. The maximum Gasteiger partial charge on any atom is 0.236 e. The Balaban J connectivity index is 0.00000280. The minimum absolute atomic E-state index is 0. The van der Waals surface area contributed by atoms with Crippen molar-refractivity contribution in [2.75, 3.05) is 66.1 Å². The lowest BCUT2D eigenvalue weighted by molar-refractivity contribution is -0.136. The Labute approximate surface area is 183 Å². The van der Waals surface area contributed by atoms with Gasteiger partial charge in [0.1, 0.15) is 5.82 Å². The number of nitrogens with one attached hydrogen (secondary N) is 1. The Morgan fingerprint density at radius 3 is 2.36 bits per heavy atom. The predicted molar refractivity (Wildman–Crippen MR) is 117 cm³/mol. The van der Waals surface area contributed by atoms with E-state index in [-0.39, 0.29) is 29.9 Å². The average Bonchev–Trinajstić information content (AvgIpc) is 3.02. The van der Waals surface area contributed by atoms with Crippen LogP contribution < -0.4 is 5.32 Å². The molecule has 3 rings (SSSR count). The van der Waals surface area contributed by atoms with E-state index >= 15 is 0 Å². The number of nitrogens with zero attached hydrogens (tertiary/aromatic N) is 7. The topological polar surface area (TPSA) is 91.1 Å². The first-order chi connectivity index (χ1) is 13.1. The van der Waals surface area contributed by atoms with Crippen LogP contribution in [0.2, 0.25) is 0 Å². The van der Waals surface area contributed by atoms with E-state index < -0.39 is 0 Å². The summed E-state index contributed by atoms with van der Waals surface area (Å²) in [5, 5.41) is 11.6. The normalized spacial score (nSPS) is 18.8. The van der Waals surface area contributed by atoms with E-state index in [0.29, 0.717) is 39.4 Å². The zero-order valence-electron chi connectivity index (χ0n) is 16.9. The highest BCUT2D eigenvalue weighted by Gasteiger charge is 2.24. The van der Waals surface area contributed by atoms with Crippen molar-refractivity contribution in [1.82, 2.24) is 34.8 Å². The van der Waals surface area contributed by atoms with Crippen LogP contribution in [0.5, 0.6) is 0 Å². The van der Waals surface area contributed by atoms with Crippen molar-refractivity contribution in [2.45, 2.75) is 13.5 Å². The molecule has 1 aromatic heterocycles. The highest BCUT2D eigenvalue weighted by atomic mass is 127. The molecular weight excluding hydrogens is 475 g/mol. The Bertz CT molecular complexity index is 666. The molecule has 11 heteroatoms. The third-order valence-electron chi connectivity index (χ3n) is 5.19. The summed E-state index contributed by atoms with van der Waals surface area (Å²) >= 11 is 0. The van der Waals surface area contributed by atoms with Crippen molar-refractivity contribution in [3.63, 3.8) is 0 Å². The van der Waals surface area contributed by atoms with Gasteiger partial charge in [-0.25, -0.2) is 0 Å². The van der Waals surface area contributed by atoms with Gasteiger partial charge in [0.05, 0.1) is 26.3 Å². The zero-order chi connectivity index (χ0) is 19.2. The second-order valence-corrected chi connectivity index (χ2v) is 6.88. The summed E-state index contributed by atoms with van der Waals surface area (Å²) in [5.41, 5.74) is 0. The van der Waals surface area contributed by atoms with Gasteiger partial charge >= 0.3 is 0 Å². The first-order valence-electron chi connectivity index (χ1n) is 9.47. The van der Waals surface area contributed by atoms with Gasteiger partial charge in [0.2, 0.25) is 5.91 Å². The summed E-state index contributed by atoms with van der Waals surface area (Å²) in [6.45, 7) is 9.08. The van der Waals surface area contributed by atoms with Crippen molar-refractivity contribution >= 4 is 35.8 Å². The number of carbonyl (C=O) groups excluding carboxylic acids is 1. The van der Waals surface area contributed by atoms with E-state index in [1.54, 1.807) is 7.05 Å². The van der Waals surface area contributed by atoms with Crippen molar-refractivity contribution in [2.24, 2.45) is 12.0 Å². The number of amides is 1. The standard InChI is InChI=1S/C17H30N8O2.HI/c1-14-20-21-15(22(14)3)12-19-17(18-2)25-6-4-23(5-7-25)13-16(26)24-8-10-27-11-9-24;/h4-13H2,1-3H3,(H,18,19);1H. The summed E-state index contributed by atoms with van der Waals surface area (Å²) in [4.78, 5) is 23.1. The highest BCUT2D eigenvalue weighted by Crippen LogP contribution is 2.05. The van der Waals surface area contributed by atoms with Gasteiger partial charge in [-0.05, 0) is 6.92 Å². The molecule has 0 aromatic carbocycles. The van der Waals surface area contributed by atoms with Crippen LogP contribution in [0.15, 0.2) is 4.99 Å². The van der Waals surface area contributed by atoms with Crippen LogP contribution in [0.4, 0.5) is 0 Å². The summed E-state index contributed by atoms with van der Waals surface area (Å²) in [5.74, 6) is 2.82. The molecule has 0 unspecified atom stereocenters. The number of aromatic nitrogens is 3. The van der Waals surface area contributed by atoms with Crippen LogP contribution in [0.25, 0.3) is 0 Å². The fraction of sp³-hybridized carbons (Fsp3) is 0.765. The summed E-state index contributed by atoms with van der Waals surface area (Å²) in [6.07, 6.45) is 0. The molecule has 2 saturated heterocycles. The number of aryl methyl sites for hydroxylation is 1. The number of rotatable bonds is 4. The van der Waals surface area contributed by atoms with Crippen LogP contribution in [0.3, 0.4) is 0 Å². The molecule has 2 aliphatic rings. The molecule has 0 spiro atoms. The van der Waals surface area contributed by atoms with Gasteiger partial charge in [0.25, 0.3) is 0 Å². The molecule has 1 aromatic rings.